The minimum absolute atomic E-state index is 0. The highest BCUT2D eigenvalue weighted by atomic mass is 127. The lowest BCUT2D eigenvalue weighted by Gasteiger charge is -2.34. The monoisotopic (exact) mass is 453 g/mol. The number of rotatable bonds is 3. The molecule has 0 aromatic carbocycles. The Bertz CT molecular complexity index is 514. The van der Waals surface area contributed by atoms with Crippen LogP contribution in [0.25, 0.3) is 0 Å². The van der Waals surface area contributed by atoms with Crippen LogP contribution in [0.4, 0.5) is 0 Å². The molecule has 0 bridgehead atoms. The van der Waals surface area contributed by atoms with Crippen LogP contribution in [0, 0.1) is 0 Å². The van der Waals surface area contributed by atoms with Crippen LogP contribution < -0.4 is 5.32 Å². The Kier molecular flexibility index (Phi) is 8.12. The average Bonchev–Trinajstić information content (AvgIpc) is 2.97. The van der Waals surface area contributed by atoms with E-state index in [4.69, 9.17) is 4.52 Å². The lowest BCUT2D eigenvalue weighted by molar-refractivity contribution is 0.318. The molecule has 0 radical (unpaired) electrons. The molecule has 1 saturated heterocycles. The molecule has 0 spiro atoms. The lowest BCUT2D eigenvalue weighted by atomic mass is 9.97. The number of nitrogens with one attached hydrogen (secondary N) is 1. The van der Waals surface area contributed by atoms with E-state index in [0.717, 1.165) is 24.8 Å². The van der Waals surface area contributed by atoms with Gasteiger partial charge in [-0.2, -0.15) is 16.7 Å². The van der Waals surface area contributed by atoms with Gasteiger partial charge < -0.3 is 14.7 Å². The SMILES string of the molecule is CCC1CN(C(=NC)NCc2noc(C(C)(C)C)n2)CCS1.I. The normalized spacial score (nSPS) is 19.4. The summed E-state index contributed by atoms with van der Waals surface area (Å²) in [5, 5.41) is 8.07. The van der Waals surface area contributed by atoms with Crippen molar-refractivity contribution in [3.8, 4) is 0 Å². The molecule has 0 amide bonds. The zero-order valence-corrected chi connectivity index (χ0v) is 17.8. The number of hydrogen-bond acceptors (Lipinski definition) is 5. The second kappa shape index (κ2) is 9.10. The molecular weight excluding hydrogens is 425 g/mol. The Balaban J connectivity index is 0.00000264. The molecule has 1 atom stereocenters. The minimum atomic E-state index is -0.120. The summed E-state index contributed by atoms with van der Waals surface area (Å²) >= 11 is 2.05. The van der Waals surface area contributed by atoms with Gasteiger partial charge in [0.2, 0.25) is 5.89 Å². The largest absolute Gasteiger partial charge is 0.349 e. The lowest BCUT2D eigenvalue weighted by Crippen LogP contribution is -2.47. The second-order valence-electron chi connectivity index (χ2n) is 6.51. The number of guanidine groups is 1. The van der Waals surface area contributed by atoms with Crippen molar-refractivity contribution in [1.29, 1.82) is 0 Å². The summed E-state index contributed by atoms with van der Waals surface area (Å²) in [6, 6.07) is 0. The third-order valence-corrected chi connectivity index (χ3v) is 4.99. The number of aliphatic imine (C=N–C) groups is 1. The molecular formula is C15H28IN5OS. The fraction of sp³-hybridized carbons (Fsp3) is 0.800. The summed E-state index contributed by atoms with van der Waals surface area (Å²) < 4.78 is 5.32. The Hall–Kier alpha value is -0.510. The number of hydrogen-bond donors (Lipinski definition) is 1. The first-order valence-corrected chi connectivity index (χ1v) is 8.89. The first kappa shape index (κ1) is 20.5. The molecule has 2 rings (SSSR count). The minimum Gasteiger partial charge on any atom is -0.349 e. The van der Waals surface area contributed by atoms with E-state index in [-0.39, 0.29) is 29.4 Å². The van der Waals surface area contributed by atoms with Crippen LogP contribution in [0.2, 0.25) is 0 Å². The fourth-order valence-corrected chi connectivity index (χ4v) is 3.46. The third-order valence-electron chi connectivity index (χ3n) is 3.62. The van der Waals surface area contributed by atoms with Gasteiger partial charge in [0.15, 0.2) is 11.8 Å². The van der Waals surface area contributed by atoms with Gasteiger partial charge in [-0.3, -0.25) is 4.99 Å². The maximum Gasteiger partial charge on any atom is 0.232 e. The fourth-order valence-electron chi connectivity index (χ4n) is 2.28. The van der Waals surface area contributed by atoms with Crippen LogP contribution in [0.5, 0.6) is 0 Å². The summed E-state index contributed by atoms with van der Waals surface area (Å²) in [7, 11) is 1.82. The first-order chi connectivity index (χ1) is 10.4. The predicted octanol–water partition coefficient (Wildman–Crippen LogP) is 2.89. The van der Waals surface area contributed by atoms with Gasteiger partial charge in [0, 0.05) is 36.6 Å². The van der Waals surface area contributed by atoms with Crippen molar-refractivity contribution >= 4 is 41.7 Å². The molecule has 1 aliphatic heterocycles. The maximum atomic E-state index is 5.32. The molecule has 1 N–H and O–H groups in total. The molecule has 1 unspecified atom stereocenters. The van der Waals surface area contributed by atoms with E-state index in [2.05, 4.69) is 64.8 Å². The van der Waals surface area contributed by atoms with Crippen molar-refractivity contribution < 1.29 is 4.52 Å². The molecule has 8 heteroatoms. The number of nitrogens with zero attached hydrogens (tertiary/aromatic N) is 4. The van der Waals surface area contributed by atoms with E-state index in [1.807, 2.05) is 7.05 Å². The molecule has 1 aromatic rings. The van der Waals surface area contributed by atoms with Crippen LogP contribution >= 0.6 is 35.7 Å². The number of halogens is 1. The molecule has 0 aliphatic carbocycles. The van der Waals surface area contributed by atoms with Gasteiger partial charge in [-0.1, -0.05) is 32.9 Å². The molecule has 0 saturated carbocycles. The van der Waals surface area contributed by atoms with Gasteiger partial charge in [0.1, 0.15) is 0 Å². The molecule has 1 fully saturated rings. The molecule has 2 heterocycles. The first-order valence-electron chi connectivity index (χ1n) is 7.84. The van der Waals surface area contributed by atoms with E-state index in [0.29, 0.717) is 23.5 Å². The van der Waals surface area contributed by atoms with Crippen molar-refractivity contribution in [1.82, 2.24) is 20.4 Å². The number of thioether (sulfide) groups is 1. The molecule has 1 aromatic heterocycles. The quantitative estimate of drug-likeness (QED) is 0.432. The highest BCUT2D eigenvalue weighted by Gasteiger charge is 2.23. The van der Waals surface area contributed by atoms with Gasteiger partial charge in [-0.25, -0.2) is 0 Å². The summed E-state index contributed by atoms with van der Waals surface area (Å²) in [5.74, 6) is 3.40. The Morgan fingerprint density at radius 3 is 2.78 bits per heavy atom. The third kappa shape index (κ3) is 5.81. The van der Waals surface area contributed by atoms with E-state index in [1.165, 1.54) is 6.42 Å². The van der Waals surface area contributed by atoms with Gasteiger partial charge in [-0.05, 0) is 6.42 Å². The zero-order valence-electron chi connectivity index (χ0n) is 14.6. The summed E-state index contributed by atoms with van der Waals surface area (Å²) in [5.41, 5.74) is -0.120. The van der Waals surface area contributed by atoms with Crippen LogP contribution in [-0.2, 0) is 12.0 Å². The predicted molar refractivity (Wildman–Crippen MR) is 107 cm³/mol. The zero-order chi connectivity index (χ0) is 16.2. The van der Waals surface area contributed by atoms with E-state index < -0.39 is 0 Å². The van der Waals surface area contributed by atoms with Crippen molar-refractivity contribution in [3.63, 3.8) is 0 Å². The van der Waals surface area contributed by atoms with E-state index in [9.17, 15) is 0 Å². The molecule has 6 nitrogen and oxygen atoms in total. The van der Waals surface area contributed by atoms with Crippen LogP contribution in [0.1, 0.15) is 45.8 Å². The number of aromatic nitrogens is 2. The highest BCUT2D eigenvalue weighted by Crippen LogP contribution is 2.21. The van der Waals surface area contributed by atoms with Crippen molar-refractivity contribution in [2.75, 3.05) is 25.9 Å². The standard InChI is InChI=1S/C15H27N5OS.HI/c1-6-11-10-20(7-8-22-11)14(16-5)17-9-12-18-13(21-19-12)15(2,3)4;/h11H,6-10H2,1-5H3,(H,16,17);1H. The average molecular weight is 453 g/mol. The second-order valence-corrected chi connectivity index (χ2v) is 7.92. The molecule has 1 aliphatic rings. The van der Waals surface area contributed by atoms with Gasteiger partial charge in [-0.15, -0.1) is 24.0 Å². The van der Waals surface area contributed by atoms with Crippen LogP contribution in [-0.4, -0.2) is 52.1 Å². The topological polar surface area (TPSA) is 66.5 Å². The maximum absolute atomic E-state index is 5.32. The van der Waals surface area contributed by atoms with E-state index in [1.54, 1.807) is 0 Å². The summed E-state index contributed by atoms with van der Waals surface area (Å²) in [6.45, 7) is 11.0. The van der Waals surface area contributed by atoms with Crippen molar-refractivity contribution in [2.45, 2.75) is 51.3 Å². The van der Waals surface area contributed by atoms with Gasteiger partial charge >= 0.3 is 0 Å². The summed E-state index contributed by atoms with van der Waals surface area (Å²) in [6.07, 6.45) is 1.19. The summed E-state index contributed by atoms with van der Waals surface area (Å²) in [4.78, 5) is 11.1. The molecule has 23 heavy (non-hydrogen) atoms. The Morgan fingerprint density at radius 1 is 1.48 bits per heavy atom. The van der Waals surface area contributed by atoms with E-state index >= 15 is 0 Å². The van der Waals surface area contributed by atoms with Crippen molar-refractivity contribution in [3.05, 3.63) is 11.7 Å². The van der Waals surface area contributed by atoms with Crippen LogP contribution in [0.15, 0.2) is 9.52 Å². The Labute approximate surface area is 160 Å². The van der Waals surface area contributed by atoms with Crippen LogP contribution in [0.3, 0.4) is 0 Å². The molecule has 132 valence electrons. The van der Waals surface area contributed by atoms with Crippen molar-refractivity contribution in [2.24, 2.45) is 4.99 Å². The highest BCUT2D eigenvalue weighted by molar-refractivity contribution is 14.0. The van der Waals surface area contributed by atoms with Gasteiger partial charge in [0.25, 0.3) is 0 Å². The Morgan fingerprint density at radius 2 is 2.22 bits per heavy atom. The smallest absolute Gasteiger partial charge is 0.232 e. The van der Waals surface area contributed by atoms with Gasteiger partial charge in [0.05, 0.1) is 6.54 Å².